The highest BCUT2D eigenvalue weighted by molar-refractivity contribution is 7.90. The first-order chi connectivity index (χ1) is 7.55. The van der Waals surface area contributed by atoms with Crippen molar-refractivity contribution in [2.75, 3.05) is 25.0 Å². The Morgan fingerprint density at radius 2 is 2.31 bits per heavy atom. The average Bonchev–Trinajstić information content (AvgIpc) is 2.21. The van der Waals surface area contributed by atoms with Gasteiger partial charge in [-0.05, 0) is 12.1 Å². The van der Waals surface area contributed by atoms with E-state index in [1.807, 2.05) is 0 Å². The number of rotatable bonds is 6. The second-order valence-electron chi connectivity index (χ2n) is 2.83. The van der Waals surface area contributed by atoms with Crippen LogP contribution in [0.2, 0.25) is 5.15 Å². The maximum Gasteiger partial charge on any atom is 0.299 e. The Balaban J connectivity index is 2.63. The Morgan fingerprint density at radius 3 is 2.94 bits per heavy atom. The lowest BCUT2D eigenvalue weighted by Gasteiger charge is -2.09. The number of nitrogens with zero attached hydrogens (tertiary/aromatic N) is 1. The molecule has 0 saturated heterocycles. The predicted octanol–water partition coefficient (Wildman–Crippen LogP) is 0.628. The van der Waals surface area contributed by atoms with Crippen molar-refractivity contribution in [3.05, 3.63) is 23.5 Å². The number of aromatic nitrogens is 1. The molecule has 0 radical (unpaired) electrons. The number of methoxy groups -OCH3 is 1. The van der Waals surface area contributed by atoms with E-state index in [-0.39, 0.29) is 17.4 Å². The van der Waals surface area contributed by atoms with Gasteiger partial charge >= 0.3 is 0 Å². The molecular formula is C8H12ClN3O3S. The van der Waals surface area contributed by atoms with Crippen LogP contribution in [0, 0.1) is 0 Å². The van der Waals surface area contributed by atoms with Gasteiger partial charge in [0.25, 0.3) is 10.2 Å². The summed E-state index contributed by atoms with van der Waals surface area (Å²) >= 11 is 5.70. The summed E-state index contributed by atoms with van der Waals surface area (Å²) in [6.07, 6.45) is 1.47. The molecule has 0 bridgehead atoms. The predicted molar refractivity (Wildman–Crippen MR) is 61.7 cm³/mol. The fraction of sp³-hybridized carbons (Fsp3) is 0.375. The summed E-state index contributed by atoms with van der Waals surface area (Å²) in [6.45, 7) is 0.478. The van der Waals surface area contributed by atoms with Crippen LogP contribution in [0.15, 0.2) is 18.3 Å². The van der Waals surface area contributed by atoms with Gasteiger partial charge in [-0.2, -0.15) is 13.1 Å². The largest absolute Gasteiger partial charge is 0.383 e. The molecule has 0 aromatic carbocycles. The van der Waals surface area contributed by atoms with E-state index < -0.39 is 10.2 Å². The van der Waals surface area contributed by atoms with E-state index in [2.05, 4.69) is 14.4 Å². The summed E-state index contributed by atoms with van der Waals surface area (Å²) in [5.74, 6) is 0. The minimum atomic E-state index is -3.63. The van der Waals surface area contributed by atoms with Crippen LogP contribution in [-0.4, -0.2) is 33.7 Å². The minimum absolute atomic E-state index is 0.0969. The molecule has 0 unspecified atom stereocenters. The SMILES string of the molecule is COCCNS(=O)(=O)Nc1cccnc1Cl. The number of nitrogens with one attached hydrogen (secondary N) is 2. The molecule has 1 aromatic rings. The van der Waals surface area contributed by atoms with Crippen LogP contribution in [0.5, 0.6) is 0 Å². The standard InChI is InChI=1S/C8H12ClN3O3S/c1-15-6-5-11-16(13,14)12-7-3-2-4-10-8(7)9/h2-4,11-12H,5-6H2,1H3. The number of halogens is 1. The highest BCUT2D eigenvalue weighted by atomic mass is 35.5. The van der Waals surface area contributed by atoms with Crippen LogP contribution < -0.4 is 9.44 Å². The second kappa shape index (κ2) is 6.00. The molecule has 0 saturated carbocycles. The van der Waals surface area contributed by atoms with Gasteiger partial charge in [-0.25, -0.2) is 4.98 Å². The molecule has 0 aliphatic carbocycles. The smallest absolute Gasteiger partial charge is 0.299 e. The van der Waals surface area contributed by atoms with Crippen molar-refractivity contribution in [1.82, 2.24) is 9.71 Å². The summed E-state index contributed by atoms with van der Waals surface area (Å²) in [5, 5.41) is 0.0969. The summed E-state index contributed by atoms with van der Waals surface area (Å²) in [5.41, 5.74) is 0.231. The van der Waals surface area contributed by atoms with Crippen LogP contribution in [0.1, 0.15) is 0 Å². The average molecular weight is 266 g/mol. The van der Waals surface area contributed by atoms with Gasteiger partial charge < -0.3 is 4.74 Å². The summed E-state index contributed by atoms with van der Waals surface area (Å²) in [6, 6.07) is 3.10. The molecule has 0 atom stereocenters. The minimum Gasteiger partial charge on any atom is -0.383 e. The van der Waals surface area contributed by atoms with E-state index in [1.165, 1.54) is 19.4 Å². The topological polar surface area (TPSA) is 80.3 Å². The Kier molecular flexibility index (Phi) is 4.94. The zero-order valence-electron chi connectivity index (χ0n) is 8.60. The number of anilines is 1. The summed E-state index contributed by atoms with van der Waals surface area (Å²) < 4.78 is 32.2. The Bertz CT molecular complexity index is 438. The molecule has 0 fully saturated rings. The monoisotopic (exact) mass is 265 g/mol. The van der Waals surface area contributed by atoms with Gasteiger partial charge in [0.2, 0.25) is 0 Å². The quantitative estimate of drug-likeness (QED) is 0.584. The van der Waals surface area contributed by atoms with Gasteiger partial charge in [0, 0.05) is 19.9 Å². The number of hydrogen-bond acceptors (Lipinski definition) is 4. The lowest BCUT2D eigenvalue weighted by molar-refractivity contribution is 0.204. The van der Waals surface area contributed by atoms with Crippen molar-refractivity contribution < 1.29 is 13.2 Å². The Labute approximate surface area is 99.2 Å². The molecule has 1 heterocycles. The number of ether oxygens (including phenoxy) is 1. The number of hydrogen-bond donors (Lipinski definition) is 2. The van der Waals surface area contributed by atoms with Crippen molar-refractivity contribution in [2.24, 2.45) is 0 Å². The molecule has 8 heteroatoms. The molecule has 16 heavy (non-hydrogen) atoms. The molecule has 0 aliphatic heterocycles. The van der Waals surface area contributed by atoms with Gasteiger partial charge in [-0.15, -0.1) is 0 Å². The van der Waals surface area contributed by atoms with Crippen molar-refractivity contribution in [2.45, 2.75) is 0 Å². The molecular weight excluding hydrogens is 254 g/mol. The van der Waals surface area contributed by atoms with Crippen molar-refractivity contribution in [1.29, 1.82) is 0 Å². The van der Waals surface area contributed by atoms with Gasteiger partial charge in [0.15, 0.2) is 5.15 Å². The normalized spacial score (nSPS) is 11.4. The zero-order chi connectivity index (χ0) is 12.0. The van der Waals surface area contributed by atoms with E-state index in [9.17, 15) is 8.42 Å². The molecule has 6 nitrogen and oxygen atoms in total. The summed E-state index contributed by atoms with van der Waals surface area (Å²) in [7, 11) is -2.15. The Hall–Kier alpha value is -0.890. The van der Waals surface area contributed by atoms with Gasteiger partial charge in [0.05, 0.1) is 12.3 Å². The molecule has 90 valence electrons. The first-order valence-electron chi connectivity index (χ1n) is 4.42. The summed E-state index contributed by atoms with van der Waals surface area (Å²) in [4.78, 5) is 3.75. The fourth-order valence-corrected chi connectivity index (χ4v) is 2.02. The second-order valence-corrected chi connectivity index (χ2v) is 4.69. The van der Waals surface area contributed by atoms with Gasteiger partial charge in [-0.3, -0.25) is 4.72 Å². The van der Waals surface area contributed by atoms with E-state index in [0.29, 0.717) is 6.61 Å². The molecule has 1 aromatic heterocycles. The molecule has 0 amide bonds. The molecule has 2 N–H and O–H groups in total. The maximum atomic E-state index is 11.5. The van der Waals surface area contributed by atoms with Crippen molar-refractivity contribution in [3.8, 4) is 0 Å². The van der Waals surface area contributed by atoms with Crippen LogP contribution >= 0.6 is 11.6 Å². The van der Waals surface area contributed by atoms with E-state index in [0.717, 1.165) is 0 Å². The molecule has 0 aliphatic rings. The lowest BCUT2D eigenvalue weighted by atomic mass is 10.4. The van der Waals surface area contributed by atoms with Crippen LogP contribution in [0.3, 0.4) is 0 Å². The van der Waals surface area contributed by atoms with Crippen LogP contribution in [0.25, 0.3) is 0 Å². The fourth-order valence-electron chi connectivity index (χ4n) is 0.921. The molecule has 1 rings (SSSR count). The Morgan fingerprint density at radius 1 is 1.56 bits per heavy atom. The third-order valence-electron chi connectivity index (χ3n) is 1.60. The maximum absolute atomic E-state index is 11.5. The number of pyridine rings is 1. The van der Waals surface area contributed by atoms with Gasteiger partial charge in [-0.1, -0.05) is 11.6 Å². The molecule has 0 spiro atoms. The third-order valence-corrected chi connectivity index (χ3v) is 2.98. The first-order valence-corrected chi connectivity index (χ1v) is 6.28. The van der Waals surface area contributed by atoms with Crippen LogP contribution in [-0.2, 0) is 14.9 Å². The first kappa shape index (κ1) is 13.2. The van der Waals surface area contributed by atoms with Crippen molar-refractivity contribution >= 4 is 27.5 Å². The van der Waals surface area contributed by atoms with E-state index in [1.54, 1.807) is 6.07 Å². The van der Waals surface area contributed by atoms with E-state index >= 15 is 0 Å². The van der Waals surface area contributed by atoms with Crippen LogP contribution in [0.4, 0.5) is 5.69 Å². The third kappa shape index (κ3) is 4.31. The highest BCUT2D eigenvalue weighted by Gasteiger charge is 2.11. The highest BCUT2D eigenvalue weighted by Crippen LogP contribution is 2.18. The van der Waals surface area contributed by atoms with Crippen molar-refractivity contribution in [3.63, 3.8) is 0 Å². The lowest BCUT2D eigenvalue weighted by Crippen LogP contribution is -2.32. The zero-order valence-corrected chi connectivity index (χ0v) is 10.2. The van der Waals surface area contributed by atoms with E-state index in [4.69, 9.17) is 16.3 Å². The van der Waals surface area contributed by atoms with Gasteiger partial charge in [0.1, 0.15) is 0 Å².